The fourth-order valence-electron chi connectivity index (χ4n) is 3.73. The molecule has 0 radical (unpaired) electrons. The number of β-amino-alcohol motifs (C(OH)–C–C–N with tert-alkyl or cyclic N) is 1. The molecule has 0 spiro atoms. The Bertz CT molecular complexity index is 937. The number of hydrogen-bond acceptors (Lipinski definition) is 4. The minimum Gasteiger partial charge on any atom is -0.391 e. The number of nitrogens with zero attached hydrogens (tertiary/aromatic N) is 1. The third kappa shape index (κ3) is 3.40. The maximum Gasteiger partial charge on any atom is 0.250 e. The second kappa shape index (κ2) is 7.03. The van der Waals surface area contributed by atoms with Crippen LogP contribution in [0.1, 0.15) is 28.0 Å². The second-order valence-electron chi connectivity index (χ2n) is 6.95. The molecule has 5 N–H and O–H groups in total. The molecule has 0 bridgehead atoms. The molecule has 7 nitrogen and oxygen atoms in total. The first-order valence-corrected chi connectivity index (χ1v) is 8.70. The quantitative estimate of drug-likeness (QED) is 0.604. The van der Waals surface area contributed by atoms with Crippen LogP contribution in [0, 0.1) is 19.7 Å². The number of primary amides is 1. The number of aromatic amines is 1. The van der Waals surface area contributed by atoms with E-state index in [0.29, 0.717) is 23.9 Å². The van der Waals surface area contributed by atoms with Crippen molar-refractivity contribution in [3.8, 4) is 0 Å². The number of aliphatic hydroxyl groups is 1. The Balaban J connectivity index is 2.11. The van der Waals surface area contributed by atoms with E-state index in [4.69, 9.17) is 5.73 Å². The summed E-state index contributed by atoms with van der Waals surface area (Å²) in [5.74, 6) is -1.67. The lowest BCUT2D eigenvalue weighted by Crippen LogP contribution is -2.52. The Hall–Kier alpha value is -2.87. The zero-order chi connectivity index (χ0) is 19.9. The van der Waals surface area contributed by atoms with E-state index >= 15 is 4.39 Å². The van der Waals surface area contributed by atoms with E-state index in [9.17, 15) is 14.7 Å². The second-order valence-corrected chi connectivity index (χ2v) is 6.95. The Morgan fingerprint density at radius 1 is 1.44 bits per heavy atom. The van der Waals surface area contributed by atoms with Gasteiger partial charge < -0.3 is 26.0 Å². The largest absolute Gasteiger partial charge is 0.391 e. The monoisotopic (exact) mass is 374 g/mol. The average molecular weight is 374 g/mol. The fraction of sp³-hybridized carbons (Fsp3) is 0.368. The summed E-state index contributed by atoms with van der Waals surface area (Å²) in [5.41, 5.74) is 7.85. The molecule has 2 aromatic rings. The zero-order valence-corrected chi connectivity index (χ0v) is 15.3. The topological polar surface area (TPSA) is 111 Å². The van der Waals surface area contributed by atoms with Gasteiger partial charge in [-0.3, -0.25) is 9.59 Å². The van der Waals surface area contributed by atoms with Gasteiger partial charge in [-0.15, -0.1) is 0 Å². The molecule has 2 heterocycles. The normalized spacial score (nSPS) is 19.9. The van der Waals surface area contributed by atoms with Gasteiger partial charge in [0.1, 0.15) is 5.82 Å². The summed E-state index contributed by atoms with van der Waals surface area (Å²) < 4.78 is 15.0. The van der Waals surface area contributed by atoms with Crippen molar-refractivity contribution in [2.75, 3.05) is 18.0 Å². The molecule has 1 saturated heterocycles. The van der Waals surface area contributed by atoms with Crippen LogP contribution in [0.15, 0.2) is 18.7 Å². The molecular formula is C19H23FN4O3. The highest BCUT2D eigenvalue weighted by Gasteiger charge is 2.31. The van der Waals surface area contributed by atoms with Crippen LogP contribution in [0.5, 0.6) is 0 Å². The molecule has 1 aromatic carbocycles. The number of carbonyl (C=O) groups is 2. The van der Waals surface area contributed by atoms with Crippen molar-refractivity contribution < 1.29 is 19.1 Å². The number of nitrogens with one attached hydrogen (secondary N) is 2. The predicted octanol–water partition coefficient (Wildman–Crippen LogP) is 1.26. The maximum atomic E-state index is 15.0. The summed E-state index contributed by atoms with van der Waals surface area (Å²) in [4.78, 5) is 28.2. The van der Waals surface area contributed by atoms with Crippen molar-refractivity contribution in [3.05, 3.63) is 41.4 Å². The number of fused-ring (bicyclic) bond motifs is 1. The van der Waals surface area contributed by atoms with Gasteiger partial charge in [-0.2, -0.15) is 0 Å². The van der Waals surface area contributed by atoms with Crippen molar-refractivity contribution in [2.24, 2.45) is 5.73 Å². The lowest BCUT2D eigenvalue weighted by Gasteiger charge is -2.38. The summed E-state index contributed by atoms with van der Waals surface area (Å²) in [5, 5.41) is 13.6. The average Bonchev–Trinajstić information content (AvgIpc) is 2.88. The van der Waals surface area contributed by atoms with Crippen LogP contribution in [0.3, 0.4) is 0 Å². The van der Waals surface area contributed by atoms with Crippen molar-refractivity contribution in [3.63, 3.8) is 0 Å². The number of anilines is 1. The Morgan fingerprint density at radius 2 is 2.15 bits per heavy atom. The van der Waals surface area contributed by atoms with E-state index in [2.05, 4.69) is 16.9 Å². The summed E-state index contributed by atoms with van der Waals surface area (Å²) in [6.07, 6.45) is 0.788. The number of nitrogens with two attached hydrogens (primary N) is 1. The van der Waals surface area contributed by atoms with E-state index in [1.165, 1.54) is 0 Å². The van der Waals surface area contributed by atoms with Crippen LogP contribution in [0.2, 0.25) is 0 Å². The van der Waals surface area contributed by atoms with Crippen LogP contribution in [-0.2, 0) is 4.79 Å². The molecule has 2 amide bonds. The van der Waals surface area contributed by atoms with Crippen molar-refractivity contribution in [1.29, 1.82) is 0 Å². The number of carbonyl (C=O) groups excluding carboxylic acids is 2. The number of piperidine rings is 1. The molecule has 144 valence electrons. The van der Waals surface area contributed by atoms with Crippen LogP contribution in [0.25, 0.3) is 10.9 Å². The predicted molar refractivity (Wildman–Crippen MR) is 101 cm³/mol. The molecular weight excluding hydrogens is 351 g/mol. The SMILES string of the molecule is C=CC(=O)N[C@H]1C[C@@H](O)CN(c2c(F)cc(C(N)=O)c3[nH]c(C)c(C)c23)C1. The number of amides is 2. The summed E-state index contributed by atoms with van der Waals surface area (Å²) in [7, 11) is 0. The van der Waals surface area contributed by atoms with Gasteiger partial charge in [-0.1, -0.05) is 6.58 Å². The molecule has 0 aliphatic carbocycles. The lowest BCUT2D eigenvalue weighted by atomic mass is 9.99. The minimum atomic E-state index is -0.737. The number of benzene rings is 1. The van der Waals surface area contributed by atoms with Gasteiger partial charge in [0.05, 0.1) is 22.9 Å². The molecule has 1 aliphatic rings. The Labute approximate surface area is 156 Å². The van der Waals surface area contributed by atoms with Gasteiger partial charge in [0.2, 0.25) is 5.91 Å². The van der Waals surface area contributed by atoms with Crippen molar-refractivity contribution >= 4 is 28.4 Å². The molecule has 27 heavy (non-hydrogen) atoms. The Kier molecular flexibility index (Phi) is 4.93. The number of aromatic nitrogens is 1. The Morgan fingerprint density at radius 3 is 2.78 bits per heavy atom. The molecule has 2 atom stereocenters. The number of rotatable bonds is 4. The van der Waals surface area contributed by atoms with Gasteiger partial charge in [0, 0.05) is 30.2 Å². The fourth-order valence-corrected chi connectivity index (χ4v) is 3.73. The van der Waals surface area contributed by atoms with Crippen LogP contribution in [0.4, 0.5) is 10.1 Å². The number of H-pyrrole nitrogens is 1. The molecule has 0 unspecified atom stereocenters. The first-order chi connectivity index (χ1) is 12.7. The van der Waals surface area contributed by atoms with E-state index < -0.39 is 17.8 Å². The molecule has 1 fully saturated rings. The van der Waals surface area contributed by atoms with Gasteiger partial charge >= 0.3 is 0 Å². The van der Waals surface area contributed by atoms with E-state index in [1.54, 1.807) is 4.90 Å². The summed E-state index contributed by atoms with van der Waals surface area (Å²) >= 11 is 0. The van der Waals surface area contributed by atoms with Crippen LogP contribution < -0.4 is 16.0 Å². The summed E-state index contributed by atoms with van der Waals surface area (Å²) in [6.45, 7) is 7.62. The molecule has 1 aromatic heterocycles. The highest BCUT2D eigenvalue weighted by Crippen LogP contribution is 2.37. The molecule has 8 heteroatoms. The third-order valence-electron chi connectivity index (χ3n) is 5.05. The molecule has 1 aliphatic heterocycles. The van der Waals surface area contributed by atoms with Gasteiger partial charge in [0.25, 0.3) is 5.91 Å². The van der Waals surface area contributed by atoms with Crippen molar-refractivity contribution in [2.45, 2.75) is 32.4 Å². The van der Waals surface area contributed by atoms with E-state index in [-0.39, 0.29) is 29.7 Å². The third-order valence-corrected chi connectivity index (χ3v) is 5.05. The van der Waals surface area contributed by atoms with Gasteiger partial charge in [-0.05, 0) is 38.0 Å². The van der Waals surface area contributed by atoms with Gasteiger partial charge in [-0.25, -0.2) is 4.39 Å². The van der Waals surface area contributed by atoms with E-state index in [1.807, 2.05) is 13.8 Å². The number of halogens is 1. The minimum absolute atomic E-state index is 0.0801. The highest BCUT2D eigenvalue weighted by atomic mass is 19.1. The highest BCUT2D eigenvalue weighted by molar-refractivity contribution is 6.10. The number of aryl methyl sites for hydroxylation is 2. The molecule has 3 rings (SSSR count). The van der Waals surface area contributed by atoms with Crippen molar-refractivity contribution in [1.82, 2.24) is 10.3 Å². The first kappa shape index (κ1) is 18.9. The van der Waals surface area contributed by atoms with Crippen LogP contribution in [-0.4, -0.2) is 47.1 Å². The standard InChI is InChI=1S/C19H23FN4O3/c1-4-15(26)23-11-5-12(25)8-24(7-11)18-14(20)6-13(19(21)27)17-16(18)9(2)10(3)22-17/h4,6,11-12,22,25H,1,5,7-8H2,2-3H3,(H2,21,27)(H,23,26)/t11-,12+/m0/s1. The lowest BCUT2D eigenvalue weighted by molar-refractivity contribution is -0.117. The number of aliphatic hydroxyl groups excluding tert-OH is 1. The summed E-state index contributed by atoms with van der Waals surface area (Å²) in [6, 6.07) is 0.762. The zero-order valence-electron chi connectivity index (χ0n) is 15.3. The van der Waals surface area contributed by atoms with Gasteiger partial charge in [0.15, 0.2) is 0 Å². The molecule has 0 saturated carbocycles. The number of hydrogen-bond donors (Lipinski definition) is 4. The smallest absolute Gasteiger partial charge is 0.250 e. The van der Waals surface area contributed by atoms with Crippen LogP contribution >= 0.6 is 0 Å². The van der Waals surface area contributed by atoms with E-state index in [0.717, 1.165) is 23.4 Å². The first-order valence-electron chi connectivity index (χ1n) is 8.70. The maximum absolute atomic E-state index is 15.0.